The number of Topliss-reactive ketones (excluding diaryl/α,β-unsaturated/α-hetero) is 1. The van der Waals surface area contributed by atoms with E-state index in [1.807, 2.05) is 0 Å². The molecule has 0 aliphatic carbocycles. The number of nitrogen functional groups attached to an aromatic ring is 1. The van der Waals surface area contributed by atoms with E-state index in [2.05, 4.69) is 11.2 Å². The maximum absolute atomic E-state index is 12.3. The molecule has 1 aromatic heterocycles. The number of pyridine rings is 1. The topological polar surface area (TPSA) is 93.3 Å². The maximum Gasteiger partial charge on any atom is 1.00 e. The molecule has 0 saturated heterocycles. The van der Waals surface area contributed by atoms with Gasteiger partial charge in [0.1, 0.15) is 18.2 Å². The second-order valence-corrected chi connectivity index (χ2v) is 3.58. The smallest absolute Gasteiger partial charge is 0.481 e. The second kappa shape index (κ2) is 9.52. The minimum absolute atomic E-state index is 0. The minimum Gasteiger partial charge on any atom is -0.481 e. The van der Waals surface area contributed by atoms with Gasteiger partial charge in [0.2, 0.25) is 0 Å². The summed E-state index contributed by atoms with van der Waals surface area (Å²) < 4.78 is 12.3. The fourth-order valence-corrected chi connectivity index (χ4v) is 0.950. The average Bonchev–Trinajstić information content (AvgIpc) is 2.20. The zero-order chi connectivity index (χ0) is 13.6. The fraction of sp³-hybridized carbons (Fsp3) is 0.222. The molecule has 0 aromatic carbocycles. The number of hydrogen-bond donors (Lipinski definition) is 2. The van der Waals surface area contributed by atoms with E-state index in [-0.39, 0.29) is 57.5 Å². The molecule has 0 fully saturated rings. The van der Waals surface area contributed by atoms with Gasteiger partial charge in [0, 0.05) is 5.02 Å². The molecule has 0 spiro atoms. The van der Waals surface area contributed by atoms with Crippen molar-refractivity contribution >= 4 is 40.6 Å². The van der Waals surface area contributed by atoms with Crippen LogP contribution in [0.5, 0.6) is 0 Å². The summed E-state index contributed by atoms with van der Waals surface area (Å²) in [5.41, 5.74) is 5.18. The predicted octanol–water partition coefficient (Wildman–Crippen LogP) is -1.04. The summed E-state index contributed by atoms with van der Waals surface area (Å²) in [7, 11) is 0. The summed E-state index contributed by atoms with van der Waals surface area (Å²) in [6, 6.07) is 0. The van der Waals surface area contributed by atoms with Gasteiger partial charge in [0.15, 0.2) is 0 Å². The van der Waals surface area contributed by atoms with Gasteiger partial charge < -0.3 is 15.8 Å². The first kappa shape index (κ1) is 19.9. The van der Waals surface area contributed by atoms with Crippen LogP contribution in [0.15, 0.2) is 0 Å². The van der Waals surface area contributed by atoms with Crippen molar-refractivity contribution in [3.8, 4) is 0 Å². The standard InChI is InChI=1S/C5H2Cl2FN2.C4H6O3.Na/c6-2-1-10-5(8)3(7)4(2)9;1-3(5)2-4(6)7;/h(H2,9,10);2H2,1H3,(H,6,7);/q-1;;+1. The molecule has 3 N–H and O–H groups in total. The van der Waals surface area contributed by atoms with Crippen LogP contribution in [0.2, 0.25) is 10.0 Å². The van der Waals surface area contributed by atoms with Gasteiger partial charge >= 0.3 is 35.5 Å². The molecule has 0 unspecified atom stereocenters. The third kappa shape index (κ3) is 7.84. The Kier molecular flexibility index (Phi) is 10.5. The Balaban J connectivity index is 0. The molecule has 94 valence electrons. The van der Waals surface area contributed by atoms with Crippen LogP contribution in [0.25, 0.3) is 0 Å². The predicted molar refractivity (Wildman–Crippen MR) is 60.4 cm³/mol. The quantitative estimate of drug-likeness (QED) is 0.315. The van der Waals surface area contributed by atoms with Crippen molar-refractivity contribution in [1.29, 1.82) is 0 Å². The summed E-state index contributed by atoms with van der Waals surface area (Å²) in [6.07, 6.45) is 1.78. The third-order valence-corrected chi connectivity index (χ3v) is 1.95. The van der Waals surface area contributed by atoms with Crippen LogP contribution in [-0.2, 0) is 9.59 Å². The minimum atomic E-state index is -1.06. The van der Waals surface area contributed by atoms with Gasteiger partial charge in [0.25, 0.3) is 0 Å². The number of carbonyl (C=O) groups excluding carboxylic acids is 1. The molecule has 1 rings (SSSR count). The van der Waals surface area contributed by atoms with E-state index in [1.165, 1.54) is 6.92 Å². The normalized spacial score (nSPS) is 8.67. The van der Waals surface area contributed by atoms with Crippen LogP contribution in [0.1, 0.15) is 13.3 Å². The van der Waals surface area contributed by atoms with Crippen LogP contribution in [0, 0.1) is 12.1 Å². The Morgan fingerprint density at radius 2 is 2.00 bits per heavy atom. The molecule has 0 aliphatic heterocycles. The maximum atomic E-state index is 12.3. The number of nitrogens with two attached hydrogens (primary N) is 1. The molecule has 0 bridgehead atoms. The number of carboxylic acid groups (broad SMARTS) is 1. The first-order chi connectivity index (χ1) is 7.75. The second-order valence-electron chi connectivity index (χ2n) is 2.83. The van der Waals surface area contributed by atoms with Crippen LogP contribution in [-0.4, -0.2) is 21.8 Å². The Hall–Kier alpha value is -0.400. The van der Waals surface area contributed by atoms with Crippen molar-refractivity contribution in [2.75, 3.05) is 5.73 Å². The largest absolute Gasteiger partial charge is 1.00 e. The fourth-order valence-electron chi connectivity index (χ4n) is 0.628. The number of aliphatic carboxylic acids is 1. The number of nitrogens with zero attached hydrogens (tertiary/aromatic N) is 1. The molecule has 0 radical (unpaired) electrons. The number of anilines is 1. The monoisotopic (exact) mass is 304 g/mol. The van der Waals surface area contributed by atoms with E-state index in [1.54, 1.807) is 0 Å². The molecular formula is C9H8Cl2FN2NaO3. The van der Waals surface area contributed by atoms with Gasteiger partial charge in [-0.1, -0.05) is 6.20 Å². The average molecular weight is 305 g/mol. The Bertz CT molecular complexity index is 407. The number of carboxylic acids is 1. The van der Waals surface area contributed by atoms with Gasteiger partial charge in [-0.2, -0.15) is 0 Å². The molecule has 0 saturated carbocycles. The summed E-state index contributed by atoms with van der Waals surface area (Å²) in [6.45, 7) is 1.24. The molecule has 1 heterocycles. The zero-order valence-electron chi connectivity index (χ0n) is 9.63. The van der Waals surface area contributed by atoms with E-state index < -0.39 is 11.9 Å². The van der Waals surface area contributed by atoms with E-state index in [4.69, 9.17) is 34.0 Å². The number of ketones is 1. The first-order valence-corrected chi connectivity index (χ1v) is 4.90. The summed E-state index contributed by atoms with van der Waals surface area (Å²) in [5, 5.41) is 7.64. The van der Waals surface area contributed by atoms with Gasteiger partial charge in [-0.25, -0.2) is 0 Å². The first-order valence-electron chi connectivity index (χ1n) is 4.14. The summed E-state index contributed by atoms with van der Waals surface area (Å²) in [5.74, 6) is -2.23. The van der Waals surface area contributed by atoms with Crippen LogP contribution >= 0.6 is 23.2 Å². The van der Waals surface area contributed by atoms with Gasteiger partial charge in [0.05, 0.1) is 0 Å². The van der Waals surface area contributed by atoms with Crippen molar-refractivity contribution in [2.24, 2.45) is 0 Å². The van der Waals surface area contributed by atoms with E-state index in [0.717, 1.165) is 0 Å². The van der Waals surface area contributed by atoms with Gasteiger partial charge in [-0.05, 0) is 17.6 Å². The number of aromatic nitrogens is 1. The number of halogens is 3. The van der Waals surface area contributed by atoms with Crippen molar-refractivity contribution in [3.05, 3.63) is 22.2 Å². The zero-order valence-corrected chi connectivity index (χ0v) is 13.1. The number of rotatable bonds is 2. The van der Waals surface area contributed by atoms with Crippen LogP contribution in [0.4, 0.5) is 10.1 Å². The van der Waals surface area contributed by atoms with E-state index in [0.29, 0.717) is 0 Å². The molecule has 5 nitrogen and oxygen atoms in total. The van der Waals surface area contributed by atoms with Crippen molar-refractivity contribution < 1.29 is 48.6 Å². The molecule has 0 atom stereocenters. The van der Waals surface area contributed by atoms with Crippen LogP contribution < -0.4 is 35.3 Å². The molecule has 0 aliphatic rings. The van der Waals surface area contributed by atoms with Crippen molar-refractivity contribution in [2.45, 2.75) is 13.3 Å². The Morgan fingerprint density at radius 3 is 2.28 bits per heavy atom. The van der Waals surface area contributed by atoms with Gasteiger partial charge in [-0.3, -0.25) is 14.0 Å². The Morgan fingerprint density at radius 1 is 1.50 bits per heavy atom. The number of hydrogen-bond acceptors (Lipinski definition) is 4. The van der Waals surface area contributed by atoms with E-state index >= 15 is 0 Å². The SMILES string of the molecule is CC(=O)CC(=O)O.Nc1c(Cl)[c-]nc(F)c1Cl.[Na+]. The van der Waals surface area contributed by atoms with E-state index in [9.17, 15) is 14.0 Å². The summed E-state index contributed by atoms with van der Waals surface area (Å²) >= 11 is 10.7. The summed E-state index contributed by atoms with van der Waals surface area (Å²) in [4.78, 5) is 22.6. The van der Waals surface area contributed by atoms with Crippen LogP contribution in [0.3, 0.4) is 0 Å². The molecule has 9 heteroatoms. The molecule has 0 amide bonds. The number of carbonyl (C=O) groups is 2. The molecule has 1 aromatic rings. The van der Waals surface area contributed by atoms with Crippen molar-refractivity contribution in [3.63, 3.8) is 0 Å². The van der Waals surface area contributed by atoms with Crippen molar-refractivity contribution in [1.82, 2.24) is 4.98 Å². The van der Waals surface area contributed by atoms with Gasteiger partial charge in [-0.15, -0.1) is 23.2 Å². The Labute approximate surface area is 135 Å². The third-order valence-electron chi connectivity index (χ3n) is 1.31. The molecule has 18 heavy (non-hydrogen) atoms. The molecular weight excluding hydrogens is 297 g/mol.